The molecule has 31 heavy (non-hydrogen) atoms. The topological polar surface area (TPSA) is 99.5 Å². The number of nitrogens with zero attached hydrogens (tertiary/aromatic N) is 2. The predicted octanol–water partition coefficient (Wildman–Crippen LogP) is 4.59. The smallest absolute Gasteiger partial charge is 0.360 e. The summed E-state index contributed by atoms with van der Waals surface area (Å²) in [5.41, 5.74) is 0.289. The van der Waals surface area contributed by atoms with E-state index in [1.807, 2.05) is 13.8 Å². The van der Waals surface area contributed by atoms with E-state index in [1.54, 1.807) is 12.1 Å². The highest BCUT2D eigenvalue weighted by atomic mass is 32.2. The number of fused-ring (bicyclic) bond motifs is 2. The van der Waals surface area contributed by atoms with Gasteiger partial charge in [-0.3, -0.25) is 0 Å². The first-order valence-electron chi connectivity index (χ1n) is 10.8. The highest BCUT2D eigenvalue weighted by Gasteiger charge is 2.33. The largest absolute Gasteiger partial charge is 0.493 e. The molecule has 1 aliphatic rings. The Hall–Kier alpha value is -2.55. The first-order valence-corrected chi connectivity index (χ1v) is 12.3. The summed E-state index contributed by atoms with van der Waals surface area (Å²) in [5.74, 6) is 0.601. The quantitative estimate of drug-likeness (QED) is 0.452. The number of ether oxygens (including phenoxy) is 2. The van der Waals surface area contributed by atoms with E-state index in [9.17, 15) is 13.2 Å². The molecule has 0 bridgehead atoms. The second kappa shape index (κ2) is 9.72. The maximum Gasteiger partial charge on any atom is 0.360 e. The Morgan fingerprint density at radius 2 is 2.00 bits per heavy atom. The molecule has 0 saturated heterocycles. The maximum atomic E-state index is 13.0. The van der Waals surface area contributed by atoms with Crippen molar-refractivity contribution >= 4 is 27.5 Å². The number of imidazole rings is 1. The Morgan fingerprint density at radius 1 is 1.23 bits per heavy atom. The molecule has 2 aromatic rings. The summed E-state index contributed by atoms with van der Waals surface area (Å²) < 4.78 is 38.2. The van der Waals surface area contributed by atoms with Crippen molar-refractivity contribution in [3.63, 3.8) is 0 Å². The van der Waals surface area contributed by atoms with Gasteiger partial charge in [0, 0.05) is 6.07 Å². The van der Waals surface area contributed by atoms with Gasteiger partial charge in [0.15, 0.2) is 11.5 Å². The molecule has 8 nitrogen and oxygen atoms in total. The van der Waals surface area contributed by atoms with E-state index in [2.05, 4.69) is 24.1 Å². The van der Waals surface area contributed by atoms with Crippen molar-refractivity contribution in [2.45, 2.75) is 58.3 Å². The monoisotopic (exact) mass is 449 g/mol. The molecule has 0 fully saturated rings. The van der Waals surface area contributed by atoms with Gasteiger partial charge in [0.05, 0.1) is 18.9 Å². The summed E-state index contributed by atoms with van der Waals surface area (Å²) >= 11 is 0. The number of hydrogen-bond acceptors (Lipinski definition) is 7. The molecule has 1 unspecified atom stereocenters. The van der Waals surface area contributed by atoms with Crippen LogP contribution in [-0.2, 0) is 14.8 Å². The summed E-state index contributed by atoms with van der Waals surface area (Å²) in [4.78, 5) is 16.5. The third-order valence-corrected chi connectivity index (χ3v) is 6.95. The summed E-state index contributed by atoms with van der Waals surface area (Å²) in [7, 11) is -3.88. The van der Waals surface area contributed by atoms with Crippen LogP contribution in [0.25, 0.3) is 0 Å². The van der Waals surface area contributed by atoms with Crippen molar-refractivity contribution in [2.75, 3.05) is 18.5 Å². The van der Waals surface area contributed by atoms with Crippen molar-refractivity contribution in [1.29, 1.82) is 0 Å². The Labute approximate surface area is 184 Å². The zero-order chi connectivity index (χ0) is 22.6. The maximum absolute atomic E-state index is 13.0. The summed E-state index contributed by atoms with van der Waals surface area (Å²) in [6.07, 6.45) is 5.55. The predicted molar refractivity (Wildman–Crippen MR) is 118 cm³/mol. The van der Waals surface area contributed by atoms with Crippen molar-refractivity contribution in [2.24, 2.45) is 11.8 Å². The van der Waals surface area contributed by atoms with Gasteiger partial charge in [-0.2, -0.15) is 0 Å². The van der Waals surface area contributed by atoms with Crippen LogP contribution < -0.4 is 10.1 Å². The van der Waals surface area contributed by atoms with E-state index in [1.165, 1.54) is 6.07 Å². The van der Waals surface area contributed by atoms with Crippen LogP contribution in [0.4, 0.5) is 11.5 Å². The molecule has 1 aromatic heterocycles. The number of rotatable bonds is 10. The summed E-state index contributed by atoms with van der Waals surface area (Å²) in [6.45, 7) is 8.95. The van der Waals surface area contributed by atoms with Gasteiger partial charge in [0.25, 0.3) is 10.0 Å². The van der Waals surface area contributed by atoms with Gasteiger partial charge in [-0.25, -0.2) is 22.2 Å². The van der Waals surface area contributed by atoms with E-state index >= 15 is 0 Å². The van der Waals surface area contributed by atoms with Crippen molar-refractivity contribution < 1.29 is 22.7 Å². The van der Waals surface area contributed by atoms with Crippen molar-refractivity contribution in [1.82, 2.24) is 8.96 Å². The van der Waals surface area contributed by atoms with Crippen LogP contribution in [0.1, 0.15) is 63.9 Å². The molecule has 0 spiro atoms. The van der Waals surface area contributed by atoms with Gasteiger partial charge in [0.2, 0.25) is 0 Å². The molecule has 3 rings (SSSR count). The van der Waals surface area contributed by atoms with Gasteiger partial charge in [0.1, 0.15) is 17.0 Å². The molecule has 170 valence electrons. The summed E-state index contributed by atoms with van der Waals surface area (Å²) in [6, 6.07) is 4.82. The number of nitrogens with one attached hydrogen (secondary N) is 1. The molecule has 0 saturated carbocycles. The van der Waals surface area contributed by atoms with Crippen LogP contribution >= 0.6 is 0 Å². The lowest BCUT2D eigenvalue weighted by molar-refractivity contribution is 0.0454. The minimum absolute atomic E-state index is 0.0631. The van der Waals surface area contributed by atoms with E-state index in [4.69, 9.17) is 9.47 Å². The molecule has 0 radical (unpaired) electrons. The van der Waals surface area contributed by atoms with Gasteiger partial charge in [-0.1, -0.05) is 47.0 Å². The van der Waals surface area contributed by atoms with Gasteiger partial charge in [-0.15, -0.1) is 0 Å². The third-order valence-electron chi connectivity index (χ3n) is 5.25. The zero-order valence-electron chi connectivity index (χ0n) is 18.6. The van der Waals surface area contributed by atoms with Crippen molar-refractivity contribution in [3.05, 3.63) is 30.2 Å². The normalized spacial score (nSPS) is 15.0. The zero-order valence-corrected chi connectivity index (χ0v) is 19.4. The number of carbonyl (C=O) groups is 1. The molecule has 1 aliphatic heterocycles. The first-order chi connectivity index (χ1) is 14.8. The number of aromatic nitrogens is 2. The average Bonchev–Trinajstić information content (AvgIpc) is 3.17. The third kappa shape index (κ3) is 5.03. The molecular weight excluding hydrogens is 418 g/mol. The number of hydrogen-bond donors (Lipinski definition) is 1. The Morgan fingerprint density at radius 3 is 2.68 bits per heavy atom. The fourth-order valence-electron chi connectivity index (χ4n) is 3.36. The fourth-order valence-corrected chi connectivity index (χ4v) is 4.74. The van der Waals surface area contributed by atoms with Gasteiger partial charge >= 0.3 is 5.97 Å². The van der Waals surface area contributed by atoms with Crippen LogP contribution in [0.15, 0.2) is 29.4 Å². The van der Waals surface area contributed by atoms with E-state index in [0.29, 0.717) is 24.0 Å². The lowest BCUT2D eigenvalue weighted by atomic mass is 10.0. The fraction of sp³-hybridized carbons (Fsp3) is 0.545. The van der Waals surface area contributed by atoms with Crippen LogP contribution in [0, 0.1) is 11.8 Å². The average molecular weight is 450 g/mol. The minimum Gasteiger partial charge on any atom is -0.493 e. The lowest BCUT2D eigenvalue weighted by Crippen LogP contribution is -2.22. The van der Waals surface area contributed by atoms with E-state index in [0.717, 1.165) is 36.0 Å². The number of carbonyl (C=O) groups excluding carboxylic acids is 1. The first kappa shape index (κ1) is 23.1. The Kier molecular flexibility index (Phi) is 7.25. The van der Waals surface area contributed by atoms with Gasteiger partial charge in [-0.05, 0) is 30.4 Å². The van der Waals surface area contributed by atoms with E-state index < -0.39 is 16.0 Å². The Balaban J connectivity index is 1.82. The second-order valence-corrected chi connectivity index (χ2v) is 10.0. The van der Waals surface area contributed by atoms with Crippen LogP contribution in [0.5, 0.6) is 5.75 Å². The molecular formula is C22H31N3O5S. The number of anilines is 2. The highest BCUT2D eigenvalue weighted by Crippen LogP contribution is 2.37. The second-order valence-electron chi connectivity index (χ2n) is 8.25. The van der Waals surface area contributed by atoms with E-state index in [-0.39, 0.29) is 28.9 Å². The van der Waals surface area contributed by atoms with Crippen LogP contribution in [0.2, 0.25) is 0 Å². The molecule has 0 aliphatic carbocycles. The molecule has 0 amide bonds. The van der Waals surface area contributed by atoms with Crippen LogP contribution in [-0.4, -0.2) is 36.6 Å². The van der Waals surface area contributed by atoms with Crippen molar-refractivity contribution in [3.8, 4) is 5.75 Å². The molecule has 1 N–H and O–H groups in total. The molecule has 1 atom stereocenters. The number of esters is 1. The number of benzene rings is 1. The standard InChI is InChI=1S/C22H31N3O5S/c1-5-7-8-16(6-2)13-29-17-9-10-19-18(11-17)24-21-20(22(26)30-12-15(3)4)23-14-25(21)31(19,27)28/h9-11,14-16,24H,5-8,12-13H2,1-4H3. The highest BCUT2D eigenvalue weighted by molar-refractivity contribution is 7.90. The minimum atomic E-state index is -3.88. The lowest BCUT2D eigenvalue weighted by Gasteiger charge is -2.22. The summed E-state index contributed by atoms with van der Waals surface area (Å²) in [5, 5.41) is 3.03. The molecule has 1 aromatic carbocycles. The van der Waals surface area contributed by atoms with Gasteiger partial charge < -0.3 is 14.8 Å². The number of unbranched alkanes of at least 4 members (excludes halogenated alkanes) is 1. The molecule has 9 heteroatoms. The molecule has 2 heterocycles. The van der Waals surface area contributed by atoms with Crippen LogP contribution in [0.3, 0.4) is 0 Å². The Bertz CT molecular complexity index is 1030. The SMILES string of the molecule is CCCCC(CC)COc1ccc2c(c1)Nc1c(C(=O)OCC(C)C)ncn1S2(=O)=O.